The molecule has 3 heteroatoms. The smallest absolute Gasteiger partial charge is 0.0639 e. The van der Waals surface area contributed by atoms with Crippen molar-refractivity contribution in [2.75, 3.05) is 19.6 Å². The first kappa shape index (κ1) is 11.4. The van der Waals surface area contributed by atoms with Crippen molar-refractivity contribution >= 4 is 0 Å². The summed E-state index contributed by atoms with van der Waals surface area (Å²) >= 11 is 0. The van der Waals surface area contributed by atoms with Crippen molar-refractivity contribution in [2.24, 2.45) is 0 Å². The highest BCUT2D eigenvalue weighted by Crippen LogP contribution is 2.24. The number of hydrogen-bond donors (Lipinski definition) is 2. The summed E-state index contributed by atoms with van der Waals surface area (Å²) < 4.78 is 0. The highest BCUT2D eigenvalue weighted by Gasteiger charge is 2.31. The number of nitrogens with one attached hydrogen (secondary N) is 1. The van der Waals surface area contributed by atoms with E-state index in [1.54, 1.807) is 0 Å². The van der Waals surface area contributed by atoms with Crippen LogP contribution in [0, 0.1) is 0 Å². The van der Waals surface area contributed by atoms with Crippen molar-refractivity contribution in [3.05, 3.63) is 0 Å². The number of aliphatic hydroxyl groups is 1. The molecule has 0 aliphatic carbocycles. The molecule has 0 aromatic carbocycles. The Morgan fingerprint density at radius 3 is 2.87 bits per heavy atom. The van der Waals surface area contributed by atoms with Crippen molar-refractivity contribution in [1.82, 2.24) is 10.2 Å². The zero-order chi connectivity index (χ0) is 10.7. The Labute approximate surface area is 92.8 Å². The van der Waals surface area contributed by atoms with Gasteiger partial charge in [0.1, 0.15) is 0 Å². The Morgan fingerprint density at radius 2 is 2.20 bits per heavy atom. The SMILES string of the molecule is C[C@H](O)CN1CCCCC1C1CCCN1. The molecule has 2 aliphatic heterocycles. The molecule has 3 nitrogen and oxygen atoms in total. The van der Waals surface area contributed by atoms with Gasteiger partial charge in [-0.1, -0.05) is 6.42 Å². The average Bonchev–Trinajstić information content (AvgIpc) is 2.70. The summed E-state index contributed by atoms with van der Waals surface area (Å²) in [4.78, 5) is 2.50. The van der Waals surface area contributed by atoms with Gasteiger partial charge in [-0.05, 0) is 45.7 Å². The zero-order valence-electron chi connectivity index (χ0n) is 9.78. The molecule has 0 radical (unpaired) electrons. The predicted molar refractivity (Wildman–Crippen MR) is 61.9 cm³/mol. The maximum absolute atomic E-state index is 9.50. The molecule has 0 spiro atoms. The quantitative estimate of drug-likeness (QED) is 0.732. The van der Waals surface area contributed by atoms with Crippen molar-refractivity contribution in [2.45, 2.75) is 57.2 Å². The van der Waals surface area contributed by atoms with Crippen LogP contribution in [0.2, 0.25) is 0 Å². The molecule has 0 aromatic rings. The van der Waals surface area contributed by atoms with Crippen LogP contribution in [-0.4, -0.2) is 47.8 Å². The lowest BCUT2D eigenvalue weighted by Crippen LogP contribution is -2.51. The number of rotatable bonds is 3. The molecule has 2 unspecified atom stereocenters. The van der Waals surface area contributed by atoms with Gasteiger partial charge in [0.15, 0.2) is 0 Å². The topological polar surface area (TPSA) is 35.5 Å². The molecule has 2 aliphatic rings. The minimum Gasteiger partial charge on any atom is -0.392 e. The lowest BCUT2D eigenvalue weighted by Gasteiger charge is -2.39. The Morgan fingerprint density at radius 1 is 1.33 bits per heavy atom. The summed E-state index contributed by atoms with van der Waals surface area (Å²) in [7, 11) is 0. The molecule has 2 fully saturated rings. The summed E-state index contributed by atoms with van der Waals surface area (Å²) in [6, 6.07) is 1.36. The lowest BCUT2D eigenvalue weighted by atomic mass is 9.94. The van der Waals surface area contributed by atoms with Gasteiger partial charge in [0.05, 0.1) is 6.10 Å². The molecule has 0 saturated carbocycles. The minimum atomic E-state index is -0.188. The first-order valence-corrected chi connectivity index (χ1v) is 6.43. The molecule has 88 valence electrons. The Bertz CT molecular complexity index is 190. The minimum absolute atomic E-state index is 0.188. The number of β-amino-alcohol motifs (C(OH)–C–C–N with tert-alkyl or cyclic N) is 1. The van der Waals surface area contributed by atoms with Crippen molar-refractivity contribution in [3.63, 3.8) is 0 Å². The van der Waals surface area contributed by atoms with Crippen LogP contribution in [0.1, 0.15) is 39.0 Å². The zero-order valence-corrected chi connectivity index (χ0v) is 9.78. The molecular weight excluding hydrogens is 188 g/mol. The van der Waals surface area contributed by atoms with Crippen LogP contribution in [0.4, 0.5) is 0 Å². The molecule has 0 aromatic heterocycles. The molecule has 2 heterocycles. The fraction of sp³-hybridized carbons (Fsp3) is 1.00. The molecule has 15 heavy (non-hydrogen) atoms. The van der Waals surface area contributed by atoms with Crippen LogP contribution in [0.5, 0.6) is 0 Å². The van der Waals surface area contributed by atoms with Gasteiger partial charge in [0.2, 0.25) is 0 Å². The van der Waals surface area contributed by atoms with E-state index in [0.717, 1.165) is 6.54 Å². The van der Waals surface area contributed by atoms with Gasteiger partial charge in [0, 0.05) is 18.6 Å². The summed E-state index contributed by atoms with van der Waals surface area (Å²) in [5.74, 6) is 0. The van der Waals surface area contributed by atoms with E-state index in [2.05, 4.69) is 10.2 Å². The van der Waals surface area contributed by atoms with Gasteiger partial charge in [-0.25, -0.2) is 0 Å². The van der Waals surface area contributed by atoms with Crippen LogP contribution >= 0.6 is 0 Å². The first-order chi connectivity index (χ1) is 7.27. The molecule has 0 bridgehead atoms. The number of likely N-dealkylation sites (tertiary alicyclic amines) is 1. The normalized spacial score (nSPS) is 35.6. The molecular formula is C12H24N2O. The van der Waals surface area contributed by atoms with Crippen LogP contribution < -0.4 is 5.32 Å². The number of aliphatic hydroxyl groups excluding tert-OH is 1. The monoisotopic (exact) mass is 212 g/mol. The second-order valence-corrected chi connectivity index (χ2v) is 5.11. The summed E-state index contributed by atoms with van der Waals surface area (Å²) in [5, 5.41) is 13.1. The fourth-order valence-electron chi connectivity index (χ4n) is 3.08. The molecule has 3 atom stereocenters. The molecule has 2 N–H and O–H groups in total. The number of nitrogens with zero attached hydrogens (tertiary/aromatic N) is 1. The van der Waals surface area contributed by atoms with Gasteiger partial charge in [-0.2, -0.15) is 0 Å². The predicted octanol–water partition coefficient (Wildman–Crippen LogP) is 0.974. The second-order valence-electron chi connectivity index (χ2n) is 5.11. The number of hydrogen-bond acceptors (Lipinski definition) is 3. The maximum atomic E-state index is 9.50. The Balaban J connectivity index is 1.92. The van der Waals surface area contributed by atoms with Crippen molar-refractivity contribution < 1.29 is 5.11 Å². The fourth-order valence-corrected chi connectivity index (χ4v) is 3.08. The van der Waals surface area contributed by atoms with E-state index in [9.17, 15) is 5.11 Å². The third kappa shape index (κ3) is 2.92. The highest BCUT2D eigenvalue weighted by molar-refractivity contribution is 4.90. The highest BCUT2D eigenvalue weighted by atomic mass is 16.3. The van der Waals surface area contributed by atoms with Crippen LogP contribution in [0.15, 0.2) is 0 Å². The summed E-state index contributed by atoms with van der Waals surface area (Å²) in [6.07, 6.45) is 6.43. The van der Waals surface area contributed by atoms with E-state index >= 15 is 0 Å². The van der Waals surface area contributed by atoms with Gasteiger partial charge in [0.25, 0.3) is 0 Å². The summed E-state index contributed by atoms with van der Waals surface area (Å²) in [6.45, 7) is 5.11. The Hall–Kier alpha value is -0.120. The van der Waals surface area contributed by atoms with Crippen molar-refractivity contribution in [3.8, 4) is 0 Å². The van der Waals surface area contributed by atoms with E-state index in [1.165, 1.54) is 45.2 Å². The van der Waals surface area contributed by atoms with Crippen LogP contribution in [0.3, 0.4) is 0 Å². The third-order valence-electron chi connectivity index (χ3n) is 3.73. The summed E-state index contributed by atoms with van der Waals surface area (Å²) in [5.41, 5.74) is 0. The third-order valence-corrected chi connectivity index (χ3v) is 3.73. The van der Waals surface area contributed by atoms with E-state index in [-0.39, 0.29) is 6.10 Å². The lowest BCUT2D eigenvalue weighted by molar-refractivity contribution is 0.0625. The van der Waals surface area contributed by atoms with Gasteiger partial charge in [-0.15, -0.1) is 0 Å². The average molecular weight is 212 g/mol. The van der Waals surface area contributed by atoms with E-state index in [4.69, 9.17) is 0 Å². The van der Waals surface area contributed by atoms with Crippen LogP contribution in [-0.2, 0) is 0 Å². The van der Waals surface area contributed by atoms with Crippen molar-refractivity contribution in [1.29, 1.82) is 0 Å². The standard InChI is InChI=1S/C12H24N2O/c1-10(15)9-14-8-3-2-6-12(14)11-5-4-7-13-11/h10-13,15H,2-9H2,1H3/t10-,11?,12?/m0/s1. The largest absolute Gasteiger partial charge is 0.392 e. The maximum Gasteiger partial charge on any atom is 0.0639 e. The van der Waals surface area contributed by atoms with Gasteiger partial charge < -0.3 is 10.4 Å². The number of piperidine rings is 1. The van der Waals surface area contributed by atoms with E-state index in [0.29, 0.717) is 12.1 Å². The Kier molecular flexibility index (Phi) is 4.00. The second kappa shape index (κ2) is 5.28. The van der Waals surface area contributed by atoms with Gasteiger partial charge >= 0.3 is 0 Å². The van der Waals surface area contributed by atoms with E-state index in [1.807, 2.05) is 6.92 Å². The molecule has 0 amide bonds. The van der Waals surface area contributed by atoms with Crippen LogP contribution in [0.25, 0.3) is 0 Å². The van der Waals surface area contributed by atoms with Gasteiger partial charge in [-0.3, -0.25) is 4.90 Å². The molecule has 2 rings (SSSR count). The van der Waals surface area contributed by atoms with E-state index < -0.39 is 0 Å². The first-order valence-electron chi connectivity index (χ1n) is 6.43. The molecule has 2 saturated heterocycles.